The highest BCUT2D eigenvalue weighted by molar-refractivity contribution is 6.31. The van der Waals surface area contributed by atoms with Crippen LogP contribution in [0.1, 0.15) is 45.0 Å². The molecule has 1 N–H and O–H groups in total. The van der Waals surface area contributed by atoms with Crippen LogP contribution in [0.2, 0.25) is 10.0 Å². The van der Waals surface area contributed by atoms with E-state index in [1.165, 1.54) is 42.3 Å². The van der Waals surface area contributed by atoms with Crippen LogP contribution in [0.3, 0.4) is 0 Å². The van der Waals surface area contributed by atoms with Crippen molar-refractivity contribution >= 4 is 58.6 Å². The van der Waals surface area contributed by atoms with Gasteiger partial charge in [-0.05, 0) is 36.4 Å². The second-order valence-corrected chi connectivity index (χ2v) is 8.03. The summed E-state index contributed by atoms with van der Waals surface area (Å²) in [4.78, 5) is 42.5. The van der Waals surface area contributed by atoms with Gasteiger partial charge in [-0.1, -0.05) is 47.5 Å². The Morgan fingerprint density at radius 3 is 2.48 bits per heavy atom. The van der Waals surface area contributed by atoms with E-state index in [4.69, 9.17) is 27.9 Å². The van der Waals surface area contributed by atoms with Crippen molar-refractivity contribution in [3.8, 4) is 0 Å². The smallest absolute Gasteiger partial charge is 0.342 e. The summed E-state index contributed by atoms with van der Waals surface area (Å²) in [6.07, 6.45) is 0.407. The fraction of sp³-hybridized carbons (Fsp3) is 0.0833. The van der Waals surface area contributed by atoms with Crippen LogP contribution in [0.5, 0.6) is 0 Å². The number of aliphatic imine (C=N–C) groups is 1. The van der Waals surface area contributed by atoms with E-state index in [0.717, 1.165) is 0 Å². The van der Waals surface area contributed by atoms with Crippen LogP contribution in [0, 0.1) is 0 Å². The molecule has 0 spiro atoms. The molecule has 7 nitrogen and oxygen atoms in total. The summed E-state index contributed by atoms with van der Waals surface area (Å²) in [5.41, 5.74) is 1.74. The highest BCUT2D eigenvalue weighted by atomic mass is 35.5. The zero-order valence-electron chi connectivity index (χ0n) is 17.2. The Bertz CT molecular complexity index is 1320. The maximum absolute atomic E-state index is 12.7. The maximum Gasteiger partial charge on any atom is 0.342 e. The number of hydrogen-bond donors (Lipinski definition) is 1. The number of carbonyl (C=O) groups is 3. The lowest BCUT2D eigenvalue weighted by atomic mass is 10.0. The molecule has 1 heterocycles. The fourth-order valence-corrected chi connectivity index (χ4v) is 3.89. The van der Waals surface area contributed by atoms with Crippen molar-refractivity contribution < 1.29 is 24.2 Å². The number of anilines is 1. The van der Waals surface area contributed by atoms with Crippen LogP contribution in [-0.2, 0) is 9.53 Å². The van der Waals surface area contributed by atoms with Crippen molar-refractivity contribution in [1.82, 2.24) is 0 Å². The number of carbonyl (C=O) groups excluding carboxylic acids is 2. The van der Waals surface area contributed by atoms with E-state index >= 15 is 0 Å². The molecule has 33 heavy (non-hydrogen) atoms. The minimum atomic E-state index is -1.17. The van der Waals surface area contributed by atoms with Crippen LogP contribution in [-0.4, -0.2) is 29.2 Å². The largest absolute Gasteiger partial charge is 0.478 e. The molecule has 1 amide bonds. The molecule has 0 bridgehead atoms. The number of fused-ring (bicyclic) bond motifs is 1. The average Bonchev–Trinajstić information content (AvgIpc) is 2.78. The first kappa shape index (κ1) is 22.5. The van der Waals surface area contributed by atoms with Crippen LogP contribution >= 0.6 is 23.2 Å². The highest BCUT2D eigenvalue weighted by Crippen LogP contribution is 2.39. The van der Waals surface area contributed by atoms with E-state index in [0.29, 0.717) is 21.8 Å². The van der Waals surface area contributed by atoms with Crippen molar-refractivity contribution in [2.45, 2.75) is 13.2 Å². The van der Waals surface area contributed by atoms with Gasteiger partial charge in [0, 0.05) is 34.3 Å². The fourth-order valence-electron chi connectivity index (χ4n) is 3.55. The number of amides is 1. The number of aromatic carboxylic acids is 1. The number of benzene rings is 3. The number of cyclic esters (lactones) is 1. The zero-order chi connectivity index (χ0) is 23.7. The van der Waals surface area contributed by atoms with Crippen LogP contribution < -0.4 is 4.90 Å². The molecular formula is C24H16Cl2N2O5. The van der Waals surface area contributed by atoms with Gasteiger partial charge in [-0.2, -0.15) is 0 Å². The summed E-state index contributed by atoms with van der Waals surface area (Å²) in [6, 6.07) is 15.9. The molecule has 4 rings (SSSR count). The Hall–Kier alpha value is -3.68. The van der Waals surface area contributed by atoms with Gasteiger partial charge in [-0.3, -0.25) is 14.7 Å². The monoisotopic (exact) mass is 482 g/mol. The van der Waals surface area contributed by atoms with E-state index in [-0.39, 0.29) is 27.7 Å². The third kappa shape index (κ3) is 4.46. The molecule has 9 heteroatoms. The molecular weight excluding hydrogens is 467 g/mol. The van der Waals surface area contributed by atoms with Gasteiger partial charge in [0.2, 0.25) is 12.1 Å². The van der Waals surface area contributed by atoms with Crippen molar-refractivity contribution in [3.63, 3.8) is 0 Å². The van der Waals surface area contributed by atoms with Crippen LogP contribution in [0.15, 0.2) is 65.7 Å². The summed E-state index contributed by atoms with van der Waals surface area (Å²) >= 11 is 11.9. The molecule has 0 aromatic heterocycles. The lowest BCUT2D eigenvalue weighted by Crippen LogP contribution is -2.41. The summed E-state index contributed by atoms with van der Waals surface area (Å²) in [5.74, 6) is -2.13. The van der Waals surface area contributed by atoms with Crippen molar-refractivity contribution in [1.29, 1.82) is 0 Å². The summed E-state index contributed by atoms with van der Waals surface area (Å²) < 4.78 is 5.63. The molecule has 0 fully saturated rings. The van der Waals surface area contributed by atoms with E-state index in [2.05, 4.69) is 4.99 Å². The molecule has 0 saturated carbocycles. The lowest BCUT2D eigenvalue weighted by molar-refractivity contribution is -0.118. The molecule has 3 aromatic carbocycles. The topological polar surface area (TPSA) is 96.3 Å². The first-order valence-corrected chi connectivity index (χ1v) is 10.5. The van der Waals surface area contributed by atoms with E-state index in [1.807, 2.05) is 0 Å². The van der Waals surface area contributed by atoms with Gasteiger partial charge in [0.1, 0.15) is 0 Å². The molecule has 0 radical (unpaired) electrons. The van der Waals surface area contributed by atoms with Crippen molar-refractivity contribution in [3.05, 3.63) is 93.0 Å². The van der Waals surface area contributed by atoms with Gasteiger partial charge in [0.25, 0.3) is 0 Å². The third-order valence-electron chi connectivity index (χ3n) is 5.02. The molecule has 0 aliphatic carbocycles. The van der Waals surface area contributed by atoms with Gasteiger partial charge < -0.3 is 9.84 Å². The Labute approximate surface area is 198 Å². The first-order valence-electron chi connectivity index (χ1n) is 9.72. The first-order chi connectivity index (χ1) is 15.8. The van der Waals surface area contributed by atoms with Gasteiger partial charge in [0.15, 0.2) is 0 Å². The number of ether oxygens (including phenoxy) is 1. The highest BCUT2D eigenvalue weighted by Gasteiger charge is 2.37. The number of esters is 1. The predicted molar refractivity (Wildman–Crippen MR) is 125 cm³/mol. The van der Waals surface area contributed by atoms with E-state index in [9.17, 15) is 19.5 Å². The Kier molecular flexibility index (Phi) is 6.18. The van der Waals surface area contributed by atoms with Gasteiger partial charge >= 0.3 is 11.9 Å². The second kappa shape index (κ2) is 9.05. The maximum atomic E-state index is 12.7. The molecule has 0 saturated heterocycles. The number of rotatable bonds is 4. The summed E-state index contributed by atoms with van der Waals surface area (Å²) in [7, 11) is 0. The third-order valence-corrected chi connectivity index (χ3v) is 5.49. The van der Waals surface area contributed by atoms with Crippen molar-refractivity contribution in [2.75, 3.05) is 4.90 Å². The number of carboxylic acid groups (broad SMARTS) is 1. The minimum Gasteiger partial charge on any atom is -0.478 e. The minimum absolute atomic E-state index is 0.0588. The normalized spacial score (nSPS) is 15.3. The Balaban J connectivity index is 1.78. The van der Waals surface area contributed by atoms with Crippen LogP contribution in [0.25, 0.3) is 0 Å². The Morgan fingerprint density at radius 1 is 1.06 bits per heavy atom. The standard InChI is InChI=1S/C24H16Cl2N2O5/c1-13(29)28-21-9-7-16(26)11-19(21)24(32)33-22(28)17-5-3-2-4-14(17)12-27-20-8-6-15(25)10-18(20)23(30)31/h2-12,22H,1H3,(H,30,31). The van der Waals surface area contributed by atoms with Gasteiger partial charge in [-0.25, -0.2) is 9.59 Å². The average molecular weight is 483 g/mol. The second-order valence-electron chi connectivity index (χ2n) is 7.16. The Morgan fingerprint density at radius 2 is 1.76 bits per heavy atom. The molecule has 1 aliphatic rings. The van der Waals surface area contributed by atoms with E-state index in [1.54, 1.807) is 36.4 Å². The number of carboxylic acids is 1. The number of nitrogens with zero attached hydrogens (tertiary/aromatic N) is 2. The summed E-state index contributed by atoms with van der Waals surface area (Å²) in [5, 5.41) is 10.1. The number of halogens is 2. The quantitative estimate of drug-likeness (QED) is 0.381. The van der Waals surface area contributed by atoms with Crippen molar-refractivity contribution in [2.24, 2.45) is 4.99 Å². The molecule has 166 valence electrons. The molecule has 1 atom stereocenters. The van der Waals surface area contributed by atoms with E-state index < -0.39 is 18.2 Å². The SMILES string of the molecule is CC(=O)N1c2ccc(Cl)cc2C(=O)OC1c1ccccc1C=Nc1ccc(Cl)cc1C(=O)O. The lowest BCUT2D eigenvalue weighted by Gasteiger charge is -2.36. The number of hydrogen-bond acceptors (Lipinski definition) is 5. The van der Waals surface area contributed by atoms with Crippen LogP contribution in [0.4, 0.5) is 11.4 Å². The zero-order valence-corrected chi connectivity index (χ0v) is 18.7. The molecule has 1 aliphatic heterocycles. The summed E-state index contributed by atoms with van der Waals surface area (Å²) in [6.45, 7) is 1.37. The predicted octanol–water partition coefficient (Wildman–Crippen LogP) is 5.66. The molecule has 3 aromatic rings. The van der Waals surface area contributed by atoms with Gasteiger partial charge in [0.05, 0.1) is 22.5 Å². The van der Waals surface area contributed by atoms with Gasteiger partial charge in [-0.15, -0.1) is 0 Å². The molecule has 1 unspecified atom stereocenters.